The first-order valence-corrected chi connectivity index (χ1v) is 4.27. The number of anilines is 1. The van der Waals surface area contributed by atoms with Crippen LogP contribution in [0.1, 0.15) is 19.4 Å². The molecule has 0 aliphatic carbocycles. The third-order valence-corrected chi connectivity index (χ3v) is 2.44. The second kappa shape index (κ2) is 2.50. The fraction of sp³-hybridized carbons (Fsp3) is 0.333. The molecule has 0 saturated carbocycles. The van der Waals surface area contributed by atoms with Crippen LogP contribution in [0.25, 0.3) is 0 Å². The molecule has 0 aromatic heterocycles. The van der Waals surface area contributed by atoms with Crippen molar-refractivity contribution in [3.8, 4) is 0 Å². The van der Waals surface area contributed by atoms with E-state index >= 15 is 0 Å². The first-order chi connectivity index (χ1) is 6.02. The van der Waals surface area contributed by atoms with Crippen LogP contribution in [-0.2, 0) is 10.3 Å². The molecule has 0 atom stereocenters. The van der Waals surface area contributed by atoms with Crippen LogP contribution in [0, 0.1) is 0 Å². The van der Waals surface area contributed by atoms with E-state index in [1.165, 1.54) is 0 Å². The average Bonchev–Trinajstić information content (AvgIpc) is 2.24. The highest BCUT2D eigenvalue weighted by atomic mass is 16.5. The molecule has 0 saturated heterocycles. The van der Waals surface area contributed by atoms with E-state index in [1.807, 2.05) is 26.0 Å². The summed E-state index contributed by atoms with van der Waals surface area (Å²) in [6.07, 6.45) is 0. The van der Waals surface area contributed by atoms with Gasteiger partial charge in [0.2, 0.25) is 0 Å². The Kier molecular flexibility index (Phi) is 1.65. The zero-order chi connectivity index (χ0) is 9.64. The highest BCUT2D eigenvalue weighted by Crippen LogP contribution is 2.30. The molecule has 1 aliphatic rings. The molecule has 68 valence electrons. The molecule has 13 heavy (non-hydrogen) atoms. The maximum Gasteiger partial charge on any atom is 0.494 e. The Morgan fingerprint density at radius 3 is 2.77 bits per heavy atom. The predicted octanol–water partition coefficient (Wildman–Crippen LogP) is 0.222. The third kappa shape index (κ3) is 1.14. The predicted molar refractivity (Wildman–Crippen MR) is 52.6 cm³/mol. The fourth-order valence-electron chi connectivity index (χ4n) is 1.79. The summed E-state index contributed by atoms with van der Waals surface area (Å²) in [7, 11) is -0.883. The summed E-state index contributed by atoms with van der Waals surface area (Å²) in [5.41, 5.74) is 7.58. The molecule has 0 bridgehead atoms. The Bertz CT molecular complexity index is 351. The summed E-state index contributed by atoms with van der Waals surface area (Å²) in [4.78, 5) is 0. The molecule has 0 amide bonds. The van der Waals surface area contributed by atoms with Gasteiger partial charge in [0, 0.05) is 11.2 Å². The van der Waals surface area contributed by atoms with Crippen molar-refractivity contribution in [3.63, 3.8) is 0 Å². The van der Waals surface area contributed by atoms with E-state index in [2.05, 4.69) is 0 Å². The van der Waals surface area contributed by atoms with Crippen LogP contribution in [0.15, 0.2) is 18.2 Å². The van der Waals surface area contributed by atoms with E-state index in [-0.39, 0.29) is 0 Å². The number of nitrogen functional groups attached to an aromatic ring is 1. The topological polar surface area (TPSA) is 55.5 Å². The van der Waals surface area contributed by atoms with Crippen LogP contribution >= 0.6 is 0 Å². The van der Waals surface area contributed by atoms with Gasteiger partial charge in [-0.05, 0) is 25.5 Å². The molecule has 0 unspecified atom stereocenters. The van der Waals surface area contributed by atoms with E-state index in [0.717, 1.165) is 5.56 Å². The molecular weight excluding hydrogens is 165 g/mol. The summed E-state index contributed by atoms with van der Waals surface area (Å²) in [5, 5.41) is 9.60. The van der Waals surface area contributed by atoms with Crippen molar-refractivity contribution in [1.82, 2.24) is 0 Å². The average molecular weight is 177 g/mol. The van der Waals surface area contributed by atoms with Gasteiger partial charge in [-0.1, -0.05) is 12.1 Å². The number of hydrogen-bond acceptors (Lipinski definition) is 3. The first-order valence-electron chi connectivity index (χ1n) is 4.27. The molecule has 0 spiro atoms. The van der Waals surface area contributed by atoms with Crippen LogP contribution in [0.3, 0.4) is 0 Å². The van der Waals surface area contributed by atoms with Gasteiger partial charge in [0.25, 0.3) is 0 Å². The van der Waals surface area contributed by atoms with Crippen LogP contribution in [0.4, 0.5) is 5.69 Å². The van der Waals surface area contributed by atoms with Crippen molar-refractivity contribution in [1.29, 1.82) is 0 Å². The first kappa shape index (κ1) is 8.60. The molecule has 2 rings (SSSR count). The Labute approximate surface area is 77.7 Å². The molecule has 0 fully saturated rings. The smallest absolute Gasteiger partial charge is 0.423 e. The van der Waals surface area contributed by atoms with Crippen molar-refractivity contribution in [2.75, 3.05) is 5.73 Å². The quantitative estimate of drug-likeness (QED) is 0.440. The van der Waals surface area contributed by atoms with Gasteiger partial charge in [-0.3, -0.25) is 0 Å². The van der Waals surface area contributed by atoms with Gasteiger partial charge in [0.05, 0.1) is 5.60 Å². The van der Waals surface area contributed by atoms with E-state index in [0.29, 0.717) is 11.2 Å². The van der Waals surface area contributed by atoms with Gasteiger partial charge in [0.15, 0.2) is 0 Å². The summed E-state index contributed by atoms with van der Waals surface area (Å²) in [5.74, 6) is 0. The largest absolute Gasteiger partial charge is 0.494 e. The van der Waals surface area contributed by atoms with Crippen molar-refractivity contribution < 1.29 is 9.68 Å². The van der Waals surface area contributed by atoms with Crippen LogP contribution in [-0.4, -0.2) is 12.1 Å². The Balaban J connectivity index is 2.65. The number of benzene rings is 1. The molecule has 3 N–H and O–H groups in total. The lowest BCUT2D eigenvalue weighted by molar-refractivity contribution is 0.101. The minimum atomic E-state index is -0.883. The summed E-state index contributed by atoms with van der Waals surface area (Å²) in [6, 6.07) is 5.58. The Morgan fingerprint density at radius 1 is 1.46 bits per heavy atom. The summed E-state index contributed by atoms with van der Waals surface area (Å²) < 4.78 is 5.38. The van der Waals surface area contributed by atoms with Gasteiger partial charge in [-0.2, -0.15) is 0 Å². The van der Waals surface area contributed by atoms with Gasteiger partial charge < -0.3 is 15.4 Å². The number of rotatable bonds is 0. The van der Waals surface area contributed by atoms with Crippen LogP contribution in [0.5, 0.6) is 0 Å². The van der Waals surface area contributed by atoms with Crippen LogP contribution < -0.4 is 11.2 Å². The zero-order valence-electron chi connectivity index (χ0n) is 7.74. The van der Waals surface area contributed by atoms with Gasteiger partial charge in [-0.15, -0.1) is 0 Å². The highest BCUT2D eigenvalue weighted by molar-refractivity contribution is 6.63. The van der Waals surface area contributed by atoms with Gasteiger partial charge in [-0.25, -0.2) is 0 Å². The molecule has 1 aliphatic heterocycles. The van der Waals surface area contributed by atoms with E-state index < -0.39 is 12.7 Å². The van der Waals surface area contributed by atoms with E-state index in [4.69, 9.17) is 10.4 Å². The van der Waals surface area contributed by atoms with Crippen molar-refractivity contribution >= 4 is 18.3 Å². The Morgan fingerprint density at radius 2 is 2.15 bits per heavy atom. The lowest BCUT2D eigenvalue weighted by Gasteiger charge is -2.19. The Hall–Kier alpha value is -0.995. The minimum absolute atomic E-state index is 0.440. The number of nitrogens with two attached hydrogens (primary N) is 1. The lowest BCUT2D eigenvalue weighted by atomic mass is 9.77. The molecule has 1 aromatic carbocycles. The monoisotopic (exact) mass is 177 g/mol. The van der Waals surface area contributed by atoms with Crippen molar-refractivity contribution in [2.45, 2.75) is 19.4 Å². The molecule has 3 nitrogen and oxygen atoms in total. The summed E-state index contributed by atoms with van der Waals surface area (Å²) >= 11 is 0. The number of hydrogen-bond donors (Lipinski definition) is 2. The summed E-state index contributed by atoms with van der Waals surface area (Å²) in [6.45, 7) is 3.84. The molecule has 1 heterocycles. The maximum atomic E-state index is 9.60. The van der Waals surface area contributed by atoms with Crippen molar-refractivity contribution in [2.24, 2.45) is 0 Å². The van der Waals surface area contributed by atoms with Gasteiger partial charge in [0.1, 0.15) is 0 Å². The molecule has 1 aromatic rings. The molecule has 4 heteroatoms. The standard InChI is InChI=1S/C9H12BNO2/c1-9(2)6-4-3-5-7(11)8(6)10(12)13-9/h3-5,12H,11H2,1-2H3. The molecule has 0 radical (unpaired) electrons. The number of fused-ring (bicyclic) bond motifs is 1. The van der Waals surface area contributed by atoms with Crippen LogP contribution in [0.2, 0.25) is 0 Å². The van der Waals surface area contributed by atoms with E-state index in [1.54, 1.807) is 6.07 Å². The lowest BCUT2D eigenvalue weighted by Crippen LogP contribution is -2.30. The minimum Gasteiger partial charge on any atom is -0.423 e. The molecular formula is C9H12BNO2. The second-order valence-corrected chi connectivity index (χ2v) is 3.79. The normalized spacial score (nSPS) is 18.8. The maximum absolute atomic E-state index is 9.60. The second-order valence-electron chi connectivity index (χ2n) is 3.79. The zero-order valence-corrected chi connectivity index (χ0v) is 7.74. The van der Waals surface area contributed by atoms with Gasteiger partial charge >= 0.3 is 7.12 Å². The highest BCUT2D eigenvalue weighted by Gasteiger charge is 2.41. The SMILES string of the molecule is CC1(C)OB(O)c2c(N)cccc21. The van der Waals surface area contributed by atoms with Crippen molar-refractivity contribution in [3.05, 3.63) is 23.8 Å². The third-order valence-electron chi connectivity index (χ3n) is 2.44. The fourth-order valence-corrected chi connectivity index (χ4v) is 1.79. The van der Waals surface area contributed by atoms with E-state index in [9.17, 15) is 5.02 Å².